The van der Waals surface area contributed by atoms with Crippen molar-refractivity contribution in [2.75, 3.05) is 5.73 Å². The molecular weight excluding hydrogens is 272 g/mol. The second kappa shape index (κ2) is 3.33. The minimum atomic E-state index is -0.488. The van der Waals surface area contributed by atoms with Gasteiger partial charge in [-0.05, 0) is 39.7 Å². The molecule has 2 N–H and O–H groups in total. The van der Waals surface area contributed by atoms with Crippen LogP contribution in [0.2, 0.25) is 5.28 Å². The fraction of sp³-hybridized carbons (Fsp3) is 0. The van der Waals surface area contributed by atoms with Gasteiger partial charge in [-0.2, -0.15) is 0 Å². The number of hydrogen-bond donors (Lipinski definition) is 1. The normalized spacial score (nSPS) is 10.8. The van der Waals surface area contributed by atoms with Crippen molar-refractivity contribution in [1.29, 1.82) is 0 Å². The molecule has 0 amide bonds. The standard InChI is InChI=1S/C8H4BrClFN3/c9-4-2-1-3-6(5(4)11)13-8(10)14-7(3)12/h1-2H,(H2,12,13,14). The van der Waals surface area contributed by atoms with Crippen molar-refractivity contribution in [1.82, 2.24) is 9.97 Å². The molecule has 2 aromatic rings. The Morgan fingerprint density at radius 2 is 2.07 bits per heavy atom. The number of aromatic nitrogens is 2. The molecule has 2 rings (SSSR count). The Balaban J connectivity index is 2.95. The smallest absolute Gasteiger partial charge is 0.225 e. The van der Waals surface area contributed by atoms with E-state index in [-0.39, 0.29) is 16.6 Å². The van der Waals surface area contributed by atoms with Crippen LogP contribution in [-0.4, -0.2) is 9.97 Å². The molecule has 0 aliphatic rings. The van der Waals surface area contributed by atoms with Crippen LogP contribution < -0.4 is 5.73 Å². The molecular formula is C8H4BrClFN3. The minimum Gasteiger partial charge on any atom is -0.383 e. The van der Waals surface area contributed by atoms with Crippen LogP contribution in [0, 0.1) is 5.82 Å². The first-order chi connectivity index (χ1) is 6.59. The lowest BCUT2D eigenvalue weighted by molar-refractivity contribution is 0.630. The fourth-order valence-corrected chi connectivity index (χ4v) is 1.63. The van der Waals surface area contributed by atoms with E-state index in [0.29, 0.717) is 9.86 Å². The third-order valence-corrected chi connectivity index (χ3v) is 2.54. The molecule has 0 fully saturated rings. The van der Waals surface area contributed by atoms with Crippen LogP contribution in [-0.2, 0) is 0 Å². The van der Waals surface area contributed by atoms with Crippen LogP contribution in [0.1, 0.15) is 0 Å². The van der Waals surface area contributed by atoms with Gasteiger partial charge in [0.2, 0.25) is 5.28 Å². The van der Waals surface area contributed by atoms with Crippen LogP contribution >= 0.6 is 27.5 Å². The van der Waals surface area contributed by atoms with Gasteiger partial charge >= 0.3 is 0 Å². The highest BCUT2D eigenvalue weighted by Crippen LogP contribution is 2.26. The molecule has 0 unspecified atom stereocenters. The summed E-state index contributed by atoms with van der Waals surface area (Å²) >= 11 is 8.61. The molecule has 6 heteroatoms. The van der Waals surface area contributed by atoms with E-state index in [1.54, 1.807) is 12.1 Å². The maximum atomic E-state index is 13.5. The van der Waals surface area contributed by atoms with Gasteiger partial charge in [0.15, 0.2) is 5.82 Å². The molecule has 0 atom stereocenters. The topological polar surface area (TPSA) is 51.8 Å². The third kappa shape index (κ3) is 1.42. The van der Waals surface area contributed by atoms with Crippen molar-refractivity contribution in [3.8, 4) is 0 Å². The summed E-state index contributed by atoms with van der Waals surface area (Å²) < 4.78 is 13.8. The minimum absolute atomic E-state index is 0.0630. The average Bonchev–Trinajstić information content (AvgIpc) is 2.12. The SMILES string of the molecule is Nc1nc(Cl)nc2c(F)c(Br)ccc12. The van der Waals surface area contributed by atoms with Gasteiger partial charge in [0, 0.05) is 5.39 Å². The van der Waals surface area contributed by atoms with Crippen LogP contribution in [0.5, 0.6) is 0 Å². The van der Waals surface area contributed by atoms with Crippen LogP contribution in [0.4, 0.5) is 10.2 Å². The summed E-state index contributed by atoms with van der Waals surface area (Å²) in [5.74, 6) is -0.315. The molecule has 3 nitrogen and oxygen atoms in total. The number of fused-ring (bicyclic) bond motifs is 1. The van der Waals surface area contributed by atoms with Gasteiger partial charge in [0.05, 0.1) is 4.47 Å². The molecule has 0 aliphatic heterocycles. The summed E-state index contributed by atoms with van der Waals surface area (Å²) in [6.45, 7) is 0. The lowest BCUT2D eigenvalue weighted by atomic mass is 10.2. The highest BCUT2D eigenvalue weighted by Gasteiger charge is 2.10. The van der Waals surface area contributed by atoms with Gasteiger partial charge in [-0.25, -0.2) is 14.4 Å². The second-order valence-electron chi connectivity index (χ2n) is 2.64. The van der Waals surface area contributed by atoms with E-state index in [9.17, 15) is 4.39 Å². The van der Waals surface area contributed by atoms with Gasteiger partial charge in [-0.1, -0.05) is 0 Å². The van der Waals surface area contributed by atoms with Gasteiger partial charge in [0.1, 0.15) is 11.3 Å². The summed E-state index contributed by atoms with van der Waals surface area (Å²) in [6.07, 6.45) is 0. The lowest BCUT2D eigenvalue weighted by Gasteiger charge is -2.03. The molecule has 1 aromatic carbocycles. The van der Waals surface area contributed by atoms with Gasteiger partial charge in [0.25, 0.3) is 0 Å². The monoisotopic (exact) mass is 275 g/mol. The van der Waals surface area contributed by atoms with Crippen molar-refractivity contribution >= 4 is 44.3 Å². The summed E-state index contributed by atoms with van der Waals surface area (Å²) in [5.41, 5.74) is 5.68. The Morgan fingerprint density at radius 1 is 1.36 bits per heavy atom. The summed E-state index contributed by atoms with van der Waals surface area (Å²) in [5, 5.41) is 0.391. The number of halogens is 3. The predicted molar refractivity (Wildman–Crippen MR) is 56.6 cm³/mol. The van der Waals surface area contributed by atoms with E-state index in [0.717, 1.165) is 0 Å². The number of hydrogen-bond acceptors (Lipinski definition) is 3. The number of nitrogen functional groups attached to an aromatic ring is 1. The fourth-order valence-electron chi connectivity index (χ4n) is 1.13. The maximum absolute atomic E-state index is 13.5. The molecule has 72 valence electrons. The van der Waals surface area contributed by atoms with E-state index >= 15 is 0 Å². The van der Waals surface area contributed by atoms with Crippen molar-refractivity contribution in [3.63, 3.8) is 0 Å². The zero-order valence-electron chi connectivity index (χ0n) is 6.76. The van der Waals surface area contributed by atoms with Gasteiger partial charge in [-0.3, -0.25) is 0 Å². The van der Waals surface area contributed by atoms with Crippen molar-refractivity contribution in [2.45, 2.75) is 0 Å². The Bertz CT molecular complexity index is 517. The van der Waals surface area contributed by atoms with E-state index < -0.39 is 5.82 Å². The second-order valence-corrected chi connectivity index (χ2v) is 3.83. The number of benzene rings is 1. The maximum Gasteiger partial charge on any atom is 0.225 e. The first-order valence-electron chi connectivity index (χ1n) is 3.66. The zero-order chi connectivity index (χ0) is 10.3. The third-order valence-electron chi connectivity index (χ3n) is 1.76. The summed E-state index contributed by atoms with van der Waals surface area (Å²) in [7, 11) is 0. The predicted octanol–water partition coefficient (Wildman–Crippen LogP) is 2.77. The van der Waals surface area contributed by atoms with Crippen molar-refractivity contribution in [2.24, 2.45) is 0 Å². The molecule has 14 heavy (non-hydrogen) atoms. The highest BCUT2D eigenvalue weighted by atomic mass is 79.9. The molecule has 0 bridgehead atoms. The average molecular weight is 276 g/mol. The molecule has 0 radical (unpaired) electrons. The summed E-state index contributed by atoms with van der Waals surface area (Å²) in [6, 6.07) is 3.18. The number of nitrogens with two attached hydrogens (primary N) is 1. The molecule has 0 saturated carbocycles. The van der Waals surface area contributed by atoms with Crippen molar-refractivity contribution < 1.29 is 4.39 Å². The van der Waals surface area contributed by atoms with Gasteiger partial charge in [-0.15, -0.1) is 0 Å². The Labute approximate surface area is 92.2 Å². The number of anilines is 1. The molecule has 0 saturated heterocycles. The summed E-state index contributed by atoms with van der Waals surface area (Å²) in [4.78, 5) is 7.49. The lowest BCUT2D eigenvalue weighted by Crippen LogP contribution is -1.96. The van der Waals surface area contributed by atoms with Crippen LogP contribution in [0.3, 0.4) is 0 Å². The molecule has 0 aliphatic carbocycles. The van der Waals surface area contributed by atoms with Crippen molar-refractivity contribution in [3.05, 3.63) is 27.7 Å². The van der Waals surface area contributed by atoms with Crippen LogP contribution in [0.15, 0.2) is 16.6 Å². The van der Waals surface area contributed by atoms with E-state index in [1.165, 1.54) is 0 Å². The Kier molecular flexibility index (Phi) is 2.28. The first-order valence-corrected chi connectivity index (χ1v) is 4.83. The van der Waals surface area contributed by atoms with E-state index in [2.05, 4.69) is 25.9 Å². The van der Waals surface area contributed by atoms with Gasteiger partial charge < -0.3 is 5.73 Å². The van der Waals surface area contributed by atoms with E-state index in [4.69, 9.17) is 17.3 Å². The zero-order valence-corrected chi connectivity index (χ0v) is 9.10. The number of rotatable bonds is 0. The quantitative estimate of drug-likeness (QED) is 0.753. The first kappa shape index (κ1) is 9.61. The molecule has 0 spiro atoms. The largest absolute Gasteiger partial charge is 0.383 e. The number of nitrogens with zero attached hydrogens (tertiary/aromatic N) is 2. The Morgan fingerprint density at radius 3 is 2.79 bits per heavy atom. The van der Waals surface area contributed by atoms with Crippen LogP contribution in [0.25, 0.3) is 10.9 Å². The van der Waals surface area contributed by atoms with E-state index in [1.807, 2.05) is 0 Å². The molecule has 1 aromatic heterocycles. The molecule has 1 heterocycles. The highest BCUT2D eigenvalue weighted by molar-refractivity contribution is 9.10. The Hall–Kier alpha value is -0.940.